The van der Waals surface area contributed by atoms with Crippen molar-refractivity contribution < 1.29 is 22.1 Å². The molecule has 1 aromatic carbocycles. The lowest BCUT2D eigenvalue weighted by atomic mass is 9.62. The van der Waals surface area contributed by atoms with Crippen molar-refractivity contribution in [3.05, 3.63) is 76.1 Å². The second kappa shape index (κ2) is 9.94. The quantitative estimate of drug-likeness (QED) is 0.275. The Morgan fingerprint density at radius 1 is 1.15 bits per heavy atom. The average molecular weight is 557 g/mol. The zero-order valence-corrected chi connectivity index (χ0v) is 22.5. The van der Waals surface area contributed by atoms with Crippen LogP contribution in [-0.4, -0.2) is 51.1 Å². The van der Waals surface area contributed by atoms with E-state index in [2.05, 4.69) is 10.2 Å². The Morgan fingerprint density at radius 2 is 1.90 bits per heavy atom. The molecular weight excluding hydrogens is 524 g/mol. The van der Waals surface area contributed by atoms with E-state index in [-0.39, 0.29) is 10.9 Å². The topological polar surface area (TPSA) is 57.4 Å². The summed E-state index contributed by atoms with van der Waals surface area (Å²) in [5, 5.41) is 8.24. The number of rotatable bonds is 6. The van der Waals surface area contributed by atoms with E-state index in [1.54, 1.807) is 19.3 Å². The molecule has 11 heteroatoms. The SMILES string of the molecule is C[C@@H](c1cc(C(F)(F)F)c2cn(-c3cccc(C4(C[C]5N=NC=[N+]5C)CCC4)c3)c(=O)n2c1)N1CCC(F)CC1. The average Bonchev–Trinajstić information content (AvgIpc) is 3.47. The first kappa shape index (κ1) is 26.9. The number of hydrogen-bond acceptors (Lipinski definition) is 4. The van der Waals surface area contributed by atoms with Crippen LogP contribution < -0.4 is 5.69 Å². The van der Waals surface area contributed by atoms with Crippen molar-refractivity contribution in [2.75, 3.05) is 20.1 Å². The number of aromatic nitrogens is 2. The maximum atomic E-state index is 14.3. The van der Waals surface area contributed by atoms with Gasteiger partial charge in [0.1, 0.15) is 6.17 Å². The highest BCUT2D eigenvalue weighted by Gasteiger charge is 2.44. The van der Waals surface area contributed by atoms with E-state index in [1.807, 2.05) is 34.7 Å². The predicted octanol–water partition coefficient (Wildman–Crippen LogP) is 6.04. The van der Waals surface area contributed by atoms with Gasteiger partial charge in [0.25, 0.3) is 0 Å². The van der Waals surface area contributed by atoms with Crippen LogP contribution in [0.3, 0.4) is 0 Å². The van der Waals surface area contributed by atoms with Crippen LogP contribution in [0.5, 0.6) is 0 Å². The van der Waals surface area contributed by atoms with Gasteiger partial charge in [-0.25, -0.2) is 13.8 Å². The molecule has 0 spiro atoms. The number of halogens is 4. The van der Waals surface area contributed by atoms with E-state index in [0.717, 1.165) is 41.5 Å². The third-order valence-electron chi connectivity index (χ3n) is 8.93. The fraction of sp³-hybridized carbons (Fsp3) is 0.483. The van der Waals surface area contributed by atoms with E-state index in [0.29, 0.717) is 43.6 Å². The van der Waals surface area contributed by atoms with Gasteiger partial charge in [0.15, 0.2) is 0 Å². The molecule has 6 rings (SSSR count). The summed E-state index contributed by atoms with van der Waals surface area (Å²) in [7, 11) is 1.90. The van der Waals surface area contributed by atoms with Crippen molar-refractivity contribution in [2.24, 2.45) is 10.2 Å². The van der Waals surface area contributed by atoms with Crippen LogP contribution in [0.25, 0.3) is 11.2 Å². The molecule has 1 radical (unpaired) electrons. The molecule has 2 aliphatic heterocycles. The lowest BCUT2D eigenvalue weighted by Gasteiger charge is -2.42. The summed E-state index contributed by atoms with van der Waals surface area (Å²) >= 11 is 0. The van der Waals surface area contributed by atoms with Crippen LogP contribution >= 0.6 is 0 Å². The highest BCUT2D eigenvalue weighted by Crippen LogP contribution is 2.49. The van der Waals surface area contributed by atoms with Crippen molar-refractivity contribution in [2.45, 2.75) is 69.3 Å². The van der Waals surface area contributed by atoms with Crippen molar-refractivity contribution in [3.63, 3.8) is 0 Å². The van der Waals surface area contributed by atoms with Gasteiger partial charge in [0, 0.05) is 43.4 Å². The molecule has 3 aromatic rings. The minimum absolute atomic E-state index is 0.160. The normalized spacial score (nSPS) is 21.1. The van der Waals surface area contributed by atoms with Gasteiger partial charge in [-0.05, 0) is 67.0 Å². The molecule has 1 saturated carbocycles. The van der Waals surface area contributed by atoms with E-state index < -0.39 is 29.6 Å². The Bertz CT molecular complexity index is 1540. The molecule has 2 fully saturated rings. The Morgan fingerprint density at radius 3 is 2.52 bits per heavy atom. The van der Waals surface area contributed by atoms with Crippen molar-refractivity contribution in [1.29, 1.82) is 0 Å². The van der Waals surface area contributed by atoms with Gasteiger partial charge >= 0.3 is 24.4 Å². The predicted molar refractivity (Wildman–Crippen MR) is 143 cm³/mol. The highest BCUT2D eigenvalue weighted by atomic mass is 19.4. The minimum Gasteiger partial charge on any atom is -0.296 e. The standard InChI is InChI=1S/C29H32F4N6O/c1-19(37-11-7-22(30)8-12-37)20-13-24(29(31,32)33)25-17-38(27(40)39(25)16-20)23-6-3-5-21(14-23)28(9-4-10-28)15-26-35-34-18-36(26)2/h3,5-6,13-14,16-19,22H,4,7-12,15H2,1-2H3/q+1/t19-/m0/s1. The summed E-state index contributed by atoms with van der Waals surface area (Å²) < 4.78 is 60.8. The third kappa shape index (κ3) is 4.67. The molecule has 1 atom stereocenters. The summed E-state index contributed by atoms with van der Waals surface area (Å²) in [4.78, 5) is 15.6. The summed E-state index contributed by atoms with van der Waals surface area (Å²) in [6, 6.07) is 8.26. The molecular formula is C29H32F4N6O+. The van der Waals surface area contributed by atoms with E-state index >= 15 is 0 Å². The Labute approximate surface area is 229 Å². The van der Waals surface area contributed by atoms with Crippen LogP contribution in [0.15, 0.2) is 57.7 Å². The van der Waals surface area contributed by atoms with Crippen LogP contribution in [0, 0.1) is 6.17 Å². The first-order valence-electron chi connectivity index (χ1n) is 13.7. The number of azo groups is 1. The van der Waals surface area contributed by atoms with Gasteiger partial charge in [-0.2, -0.15) is 13.2 Å². The first-order chi connectivity index (χ1) is 19.1. The van der Waals surface area contributed by atoms with Crippen LogP contribution in [-0.2, 0) is 11.6 Å². The number of piperidine rings is 1. The lowest BCUT2D eigenvalue weighted by Crippen LogP contribution is -2.37. The van der Waals surface area contributed by atoms with Crippen molar-refractivity contribution >= 4 is 11.9 Å². The molecule has 4 heterocycles. The molecule has 1 saturated heterocycles. The molecule has 0 bridgehead atoms. The number of hydrogen-bond donors (Lipinski definition) is 0. The van der Waals surface area contributed by atoms with Gasteiger partial charge in [-0.1, -0.05) is 18.6 Å². The fourth-order valence-electron chi connectivity index (χ4n) is 6.24. The first-order valence-corrected chi connectivity index (χ1v) is 13.7. The molecule has 3 aliphatic rings. The molecule has 0 N–H and O–H groups in total. The molecule has 211 valence electrons. The molecule has 0 amide bonds. The van der Waals surface area contributed by atoms with Gasteiger partial charge in [-0.15, -0.1) is 0 Å². The molecule has 7 nitrogen and oxygen atoms in total. The summed E-state index contributed by atoms with van der Waals surface area (Å²) in [6.07, 6.45) is 4.14. The van der Waals surface area contributed by atoms with Crippen LogP contribution in [0.2, 0.25) is 0 Å². The number of benzene rings is 1. The maximum absolute atomic E-state index is 14.3. The van der Waals surface area contributed by atoms with Gasteiger partial charge < -0.3 is 0 Å². The monoisotopic (exact) mass is 556 g/mol. The van der Waals surface area contributed by atoms with Crippen molar-refractivity contribution in [3.8, 4) is 5.69 Å². The maximum Gasteiger partial charge on any atom is 0.418 e. The zero-order valence-electron chi connectivity index (χ0n) is 22.5. The summed E-state index contributed by atoms with van der Waals surface area (Å²) in [6.45, 7) is 2.72. The second-order valence-electron chi connectivity index (χ2n) is 11.3. The summed E-state index contributed by atoms with van der Waals surface area (Å²) in [5.74, 6) is 0. The van der Waals surface area contributed by atoms with Gasteiger partial charge in [0.2, 0.25) is 0 Å². The fourth-order valence-corrected chi connectivity index (χ4v) is 6.24. The number of alkyl halides is 4. The number of pyridine rings is 1. The molecule has 40 heavy (non-hydrogen) atoms. The van der Waals surface area contributed by atoms with Crippen LogP contribution in [0.4, 0.5) is 17.6 Å². The number of likely N-dealkylation sites (tertiary alicyclic amines) is 1. The van der Waals surface area contributed by atoms with Gasteiger partial charge in [-0.3, -0.25) is 13.9 Å². The molecule has 1 aliphatic carbocycles. The Hall–Kier alpha value is -3.34. The number of fused-ring (bicyclic) bond motifs is 1. The number of imidazole rings is 1. The third-order valence-corrected chi connectivity index (χ3v) is 8.93. The Kier molecular flexibility index (Phi) is 6.67. The zero-order chi connectivity index (χ0) is 28.2. The van der Waals surface area contributed by atoms with Crippen LogP contribution in [0.1, 0.15) is 68.2 Å². The van der Waals surface area contributed by atoms with E-state index in [9.17, 15) is 22.4 Å². The largest absolute Gasteiger partial charge is 0.418 e. The second-order valence-corrected chi connectivity index (χ2v) is 11.3. The molecule has 0 unspecified atom stereocenters. The summed E-state index contributed by atoms with van der Waals surface area (Å²) in [5.41, 5.74) is 0.145. The van der Waals surface area contributed by atoms with Gasteiger partial charge in [0.05, 0.1) is 28.9 Å². The highest BCUT2D eigenvalue weighted by molar-refractivity contribution is 5.58. The van der Waals surface area contributed by atoms with E-state index in [4.69, 9.17) is 0 Å². The molecule has 2 aromatic heterocycles. The van der Waals surface area contributed by atoms with E-state index in [1.165, 1.54) is 17.0 Å². The Balaban J connectivity index is 1.40. The lowest BCUT2D eigenvalue weighted by molar-refractivity contribution is -0.477. The van der Waals surface area contributed by atoms with Crippen molar-refractivity contribution in [1.82, 2.24) is 13.9 Å². The minimum atomic E-state index is -4.65. The number of nitrogens with zero attached hydrogens (tertiary/aromatic N) is 6. The smallest absolute Gasteiger partial charge is 0.296 e.